The fourth-order valence-electron chi connectivity index (χ4n) is 1.65. The minimum absolute atomic E-state index is 0.109. The van der Waals surface area contributed by atoms with Crippen molar-refractivity contribution in [1.82, 2.24) is 0 Å². The van der Waals surface area contributed by atoms with Crippen molar-refractivity contribution >= 4 is 39.4 Å². The number of carboxylic acids is 1. The number of carbonyl (C=O) groups excluding carboxylic acids is 1. The third-order valence-corrected chi connectivity index (χ3v) is 3.93. The number of hydrogen-bond acceptors (Lipinski definition) is 4. The molecule has 2 aromatic carbocycles. The second kappa shape index (κ2) is 6.64. The third-order valence-electron chi connectivity index (χ3n) is 2.67. The minimum atomic E-state index is -3.76. The van der Waals surface area contributed by atoms with E-state index in [9.17, 15) is 18.3 Å². The Morgan fingerprint density at radius 3 is 2.45 bits per heavy atom. The Morgan fingerprint density at radius 1 is 1.14 bits per heavy atom. The van der Waals surface area contributed by atoms with E-state index in [-0.39, 0.29) is 11.3 Å². The Balaban J connectivity index is 2.15. The number of carbonyl (C=O) groups is 1. The van der Waals surface area contributed by atoms with Crippen LogP contribution >= 0.6 is 11.6 Å². The van der Waals surface area contributed by atoms with Crippen LogP contribution in [-0.4, -0.2) is 14.4 Å². The van der Waals surface area contributed by atoms with Gasteiger partial charge < -0.3 is 9.90 Å². The van der Waals surface area contributed by atoms with Crippen molar-refractivity contribution < 1.29 is 18.3 Å². The molecule has 7 heteroatoms. The molecule has 0 atom stereocenters. The summed E-state index contributed by atoms with van der Waals surface area (Å²) in [6.07, 6.45) is 1.40. The summed E-state index contributed by atoms with van der Waals surface area (Å²) in [6.45, 7) is 0. The first-order valence-electron chi connectivity index (χ1n) is 6.14. The van der Waals surface area contributed by atoms with E-state index in [2.05, 4.69) is 4.72 Å². The molecular weight excluding hydrogens is 326 g/mol. The van der Waals surface area contributed by atoms with Crippen molar-refractivity contribution in [2.45, 2.75) is 0 Å². The Bertz CT molecular complexity index is 814. The lowest BCUT2D eigenvalue weighted by molar-refractivity contribution is -0.255. The van der Waals surface area contributed by atoms with Crippen LogP contribution in [0.25, 0.3) is 6.08 Å². The number of anilines is 1. The minimum Gasteiger partial charge on any atom is -0.545 e. The zero-order valence-corrected chi connectivity index (χ0v) is 12.8. The van der Waals surface area contributed by atoms with Crippen LogP contribution in [0.4, 0.5) is 5.69 Å². The standard InChI is InChI=1S/C15H12ClNO4S/c16-13-6-4-11(5-7-13)8-9-22(20,21)17-14-3-1-2-12(10-14)15(18)19/h1-10,17H,(H,18,19)/p-1/b9-8+. The third kappa shape index (κ3) is 4.61. The van der Waals surface area contributed by atoms with Gasteiger partial charge in [-0.15, -0.1) is 0 Å². The summed E-state index contributed by atoms with van der Waals surface area (Å²) in [5.41, 5.74) is 0.697. The summed E-state index contributed by atoms with van der Waals surface area (Å²) in [4.78, 5) is 10.7. The number of sulfonamides is 1. The van der Waals surface area contributed by atoms with Crippen LogP contribution in [0.15, 0.2) is 53.9 Å². The summed E-state index contributed by atoms with van der Waals surface area (Å²) in [5.74, 6) is -1.38. The topological polar surface area (TPSA) is 86.3 Å². The normalized spacial score (nSPS) is 11.5. The first kappa shape index (κ1) is 16.1. The maximum atomic E-state index is 11.9. The van der Waals surface area contributed by atoms with Gasteiger partial charge in [-0.2, -0.15) is 0 Å². The van der Waals surface area contributed by atoms with Crippen molar-refractivity contribution in [2.75, 3.05) is 4.72 Å². The Hall–Kier alpha value is -2.31. The SMILES string of the molecule is O=C([O-])c1cccc(NS(=O)(=O)/C=C/c2ccc(Cl)cc2)c1. The van der Waals surface area contributed by atoms with Crippen molar-refractivity contribution in [1.29, 1.82) is 0 Å². The van der Waals surface area contributed by atoms with Crippen LogP contribution in [0.1, 0.15) is 15.9 Å². The van der Waals surface area contributed by atoms with Crippen LogP contribution in [0.3, 0.4) is 0 Å². The second-order valence-corrected chi connectivity index (χ2v) is 6.37. The zero-order valence-electron chi connectivity index (χ0n) is 11.2. The summed E-state index contributed by atoms with van der Waals surface area (Å²) in [7, 11) is -3.76. The molecule has 1 N–H and O–H groups in total. The lowest BCUT2D eigenvalue weighted by atomic mass is 10.2. The van der Waals surface area contributed by atoms with E-state index in [4.69, 9.17) is 11.6 Å². The summed E-state index contributed by atoms with van der Waals surface area (Å²) in [6, 6.07) is 12.0. The molecule has 2 aromatic rings. The number of aromatic carboxylic acids is 1. The van der Waals surface area contributed by atoms with Gasteiger partial charge in [-0.3, -0.25) is 4.72 Å². The molecule has 0 unspecified atom stereocenters. The van der Waals surface area contributed by atoms with Gasteiger partial charge in [-0.05, 0) is 41.5 Å². The molecule has 2 rings (SSSR count). The number of carboxylic acid groups (broad SMARTS) is 1. The molecule has 0 aliphatic carbocycles. The monoisotopic (exact) mass is 336 g/mol. The van der Waals surface area contributed by atoms with Crippen LogP contribution in [0.2, 0.25) is 5.02 Å². The van der Waals surface area contributed by atoms with Crippen molar-refractivity contribution in [2.24, 2.45) is 0 Å². The maximum Gasteiger partial charge on any atom is 0.255 e. The average molecular weight is 337 g/mol. The molecule has 0 spiro atoms. The predicted molar refractivity (Wildman–Crippen MR) is 83.8 cm³/mol. The molecule has 0 amide bonds. The zero-order chi connectivity index (χ0) is 16.2. The van der Waals surface area contributed by atoms with E-state index in [1.165, 1.54) is 30.3 Å². The van der Waals surface area contributed by atoms with E-state index in [0.717, 1.165) is 5.41 Å². The highest BCUT2D eigenvalue weighted by atomic mass is 35.5. The lowest BCUT2D eigenvalue weighted by Gasteiger charge is -2.07. The molecule has 114 valence electrons. The Morgan fingerprint density at radius 2 is 1.82 bits per heavy atom. The van der Waals surface area contributed by atoms with E-state index in [1.54, 1.807) is 24.3 Å². The molecule has 0 fully saturated rings. The lowest BCUT2D eigenvalue weighted by Crippen LogP contribution is -2.22. The largest absolute Gasteiger partial charge is 0.545 e. The number of hydrogen-bond donors (Lipinski definition) is 1. The van der Waals surface area contributed by atoms with E-state index in [1.807, 2.05) is 0 Å². The molecular formula is C15H11ClNO4S-. The molecule has 0 radical (unpaired) electrons. The van der Waals surface area contributed by atoms with Crippen LogP contribution in [-0.2, 0) is 10.0 Å². The number of halogens is 1. The summed E-state index contributed by atoms with van der Waals surface area (Å²) >= 11 is 5.74. The highest BCUT2D eigenvalue weighted by Crippen LogP contribution is 2.14. The number of rotatable bonds is 5. The van der Waals surface area contributed by atoms with Crippen molar-refractivity contribution in [3.63, 3.8) is 0 Å². The van der Waals surface area contributed by atoms with E-state index < -0.39 is 16.0 Å². The van der Waals surface area contributed by atoms with Crippen molar-refractivity contribution in [3.05, 3.63) is 70.1 Å². The molecule has 0 saturated carbocycles. The van der Waals surface area contributed by atoms with Crippen LogP contribution < -0.4 is 9.83 Å². The van der Waals surface area contributed by atoms with Gasteiger partial charge in [0.25, 0.3) is 10.0 Å². The molecule has 0 bridgehead atoms. The fourth-order valence-corrected chi connectivity index (χ4v) is 2.64. The molecule has 0 aliphatic heterocycles. The van der Waals surface area contributed by atoms with Gasteiger partial charge in [0, 0.05) is 10.7 Å². The maximum absolute atomic E-state index is 11.9. The summed E-state index contributed by atoms with van der Waals surface area (Å²) in [5, 5.41) is 12.3. The van der Waals surface area contributed by atoms with E-state index >= 15 is 0 Å². The van der Waals surface area contributed by atoms with Gasteiger partial charge in [0.1, 0.15) is 0 Å². The first-order chi connectivity index (χ1) is 10.4. The van der Waals surface area contributed by atoms with Gasteiger partial charge in [0.15, 0.2) is 0 Å². The quantitative estimate of drug-likeness (QED) is 0.906. The van der Waals surface area contributed by atoms with E-state index in [0.29, 0.717) is 10.6 Å². The number of benzene rings is 2. The van der Waals surface area contributed by atoms with Gasteiger partial charge in [0.2, 0.25) is 0 Å². The van der Waals surface area contributed by atoms with Gasteiger partial charge >= 0.3 is 0 Å². The van der Waals surface area contributed by atoms with Crippen LogP contribution in [0, 0.1) is 0 Å². The Labute approximate surface area is 132 Å². The Kier molecular flexibility index (Phi) is 4.85. The molecule has 22 heavy (non-hydrogen) atoms. The highest BCUT2D eigenvalue weighted by molar-refractivity contribution is 7.95. The van der Waals surface area contributed by atoms with Gasteiger partial charge in [-0.25, -0.2) is 8.42 Å². The molecule has 0 heterocycles. The highest BCUT2D eigenvalue weighted by Gasteiger charge is 2.06. The van der Waals surface area contributed by atoms with Gasteiger partial charge in [-0.1, -0.05) is 35.9 Å². The average Bonchev–Trinajstić information content (AvgIpc) is 2.46. The molecule has 0 aromatic heterocycles. The van der Waals surface area contributed by atoms with Gasteiger partial charge in [0.05, 0.1) is 11.4 Å². The second-order valence-electron chi connectivity index (χ2n) is 4.37. The molecule has 0 aliphatic rings. The molecule has 0 saturated heterocycles. The first-order valence-corrected chi connectivity index (χ1v) is 8.06. The number of nitrogens with one attached hydrogen (secondary N) is 1. The molecule has 5 nitrogen and oxygen atoms in total. The predicted octanol–water partition coefficient (Wildman–Crippen LogP) is 2.12. The summed E-state index contributed by atoms with van der Waals surface area (Å²) < 4.78 is 26.1. The fraction of sp³-hybridized carbons (Fsp3) is 0. The smallest absolute Gasteiger partial charge is 0.255 e. The van der Waals surface area contributed by atoms with Crippen LogP contribution in [0.5, 0.6) is 0 Å². The van der Waals surface area contributed by atoms with Crippen molar-refractivity contribution in [3.8, 4) is 0 Å².